The summed E-state index contributed by atoms with van der Waals surface area (Å²) >= 11 is 0. The van der Waals surface area contributed by atoms with Crippen molar-refractivity contribution in [1.82, 2.24) is 15.5 Å². The van der Waals surface area contributed by atoms with Gasteiger partial charge in [-0.3, -0.25) is 9.59 Å². The van der Waals surface area contributed by atoms with Crippen LogP contribution in [0, 0.1) is 18.8 Å². The number of unbranched alkanes of at least 4 members (excludes halogenated alkanes) is 1. The Kier molecular flexibility index (Phi) is 8.97. The van der Waals surface area contributed by atoms with Gasteiger partial charge in [0.05, 0.1) is 0 Å². The molecule has 5 nitrogen and oxygen atoms in total. The maximum atomic E-state index is 12.6. The standard InChI is InChI=1S/C23H37N3O2/c1-17(2)21(25-22(27)20-11-7-9-18(3)15-20)23(28)24-12-5-6-13-26-14-8-10-19(4)16-26/h7,9,11,15,17,19,21H,5-6,8,10,12-14,16H2,1-4H3,(H,24,28)(H,25,27). The number of hydrogen-bond donors (Lipinski definition) is 2. The first-order valence-electron chi connectivity index (χ1n) is 10.7. The molecule has 1 aromatic rings. The van der Waals surface area contributed by atoms with Crippen LogP contribution < -0.4 is 10.6 Å². The van der Waals surface area contributed by atoms with Gasteiger partial charge in [-0.2, -0.15) is 0 Å². The van der Waals surface area contributed by atoms with Gasteiger partial charge in [-0.1, -0.05) is 38.5 Å². The minimum Gasteiger partial charge on any atom is -0.354 e. The molecular weight excluding hydrogens is 350 g/mol. The van der Waals surface area contributed by atoms with Gasteiger partial charge in [0.25, 0.3) is 5.91 Å². The van der Waals surface area contributed by atoms with Gasteiger partial charge in [-0.05, 0) is 69.7 Å². The molecule has 2 unspecified atom stereocenters. The summed E-state index contributed by atoms with van der Waals surface area (Å²) in [7, 11) is 0. The summed E-state index contributed by atoms with van der Waals surface area (Å²) in [6.07, 6.45) is 4.70. The number of hydrogen-bond acceptors (Lipinski definition) is 3. The molecule has 0 bridgehead atoms. The van der Waals surface area contributed by atoms with Crippen molar-refractivity contribution >= 4 is 11.8 Å². The molecule has 1 aliphatic rings. The first kappa shape index (κ1) is 22.4. The highest BCUT2D eigenvalue weighted by atomic mass is 16.2. The van der Waals surface area contributed by atoms with Crippen molar-refractivity contribution in [1.29, 1.82) is 0 Å². The molecule has 0 aromatic heterocycles. The van der Waals surface area contributed by atoms with Crippen LogP contribution in [0.3, 0.4) is 0 Å². The molecule has 2 amide bonds. The molecule has 1 fully saturated rings. The molecule has 1 aromatic carbocycles. The van der Waals surface area contributed by atoms with E-state index in [4.69, 9.17) is 0 Å². The highest BCUT2D eigenvalue weighted by Crippen LogP contribution is 2.15. The van der Waals surface area contributed by atoms with E-state index < -0.39 is 6.04 Å². The van der Waals surface area contributed by atoms with Gasteiger partial charge >= 0.3 is 0 Å². The number of amides is 2. The normalized spacial score (nSPS) is 18.7. The third-order valence-electron chi connectivity index (χ3n) is 5.46. The van der Waals surface area contributed by atoms with E-state index in [0.717, 1.165) is 30.9 Å². The van der Waals surface area contributed by atoms with E-state index in [1.165, 1.54) is 25.9 Å². The summed E-state index contributed by atoms with van der Waals surface area (Å²) in [5, 5.41) is 5.90. The fraction of sp³-hybridized carbons (Fsp3) is 0.652. The summed E-state index contributed by atoms with van der Waals surface area (Å²) in [6.45, 7) is 12.4. The average molecular weight is 388 g/mol. The summed E-state index contributed by atoms with van der Waals surface area (Å²) in [4.78, 5) is 27.6. The number of likely N-dealkylation sites (tertiary alicyclic amines) is 1. The average Bonchev–Trinajstić information content (AvgIpc) is 2.65. The number of rotatable bonds is 9. The summed E-state index contributed by atoms with van der Waals surface area (Å²) in [5.74, 6) is 0.542. The van der Waals surface area contributed by atoms with Gasteiger partial charge in [-0.15, -0.1) is 0 Å². The molecule has 2 N–H and O–H groups in total. The lowest BCUT2D eigenvalue weighted by atomic mass is 10.00. The zero-order chi connectivity index (χ0) is 20.5. The van der Waals surface area contributed by atoms with Crippen molar-refractivity contribution in [2.75, 3.05) is 26.2 Å². The largest absolute Gasteiger partial charge is 0.354 e. The number of carbonyl (C=O) groups is 2. The highest BCUT2D eigenvalue weighted by molar-refractivity contribution is 5.97. The number of benzene rings is 1. The van der Waals surface area contributed by atoms with Crippen LogP contribution >= 0.6 is 0 Å². The fourth-order valence-electron chi connectivity index (χ4n) is 3.82. The van der Waals surface area contributed by atoms with Crippen LogP contribution in [0.4, 0.5) is 0 Å². The molecule has 2 atom stereocenters. The molecule has 0 radical (unpaired) electrons. The number of nitrogens with one attached hydrogen (secondary N) is 2. The molecule has 0 saturated carbocycles. The Morgan fingerprint density at radius 2 is 2.04 bits per heavy atom. The van der Waals surface area contributed by atoms with Crippen molar-refractivity contribution in [2.24, 2.45) is 11.8 Å². The zero-order valence-electron chi connectivity index (χ0n) is 18.0. The minimum atomic E-state index is -0.518. The van der Waals surface area contributed by atoms with Crippen LogP contribution in [0.25, 0.3) is 0 Å². The number of aryl methyl sites for hydroxylation is 1. The fourth-order valence-corrected chi connectivity index (χ4v) is 3.82. The summed E-state index contributed by atoms with van der Waals surface area (Å²) in [5.41, 5.74) is 1.62. The molecule has 156 valence electrons. The van der Waals surface area contributed by atoms with Crippen LogP contribution in [0.1, 0.15) is 62.4 Å². The Bertz CT molecular complexity index is 644. The van der Waals surface area contributed by atoms with Crippen LogP contribution in [0.15, 0.2) is 24.3 Å². The Balaban J connectivity index is 1.73. The lowest BCUT2D eigenvalue weighted by Crippen LogP contribution is -2.49. The van der Waals surface area contributed by atoms with E-state index in [9.17, 15) is 9.59 Å². The molecule has 1 heterocycles. The Hall–Kier alpha value is -1.88. The number of piperidine rings is 1. The second-order valence-electron chi connectivity index (χ2n) is 8.61. The lowest BCUT2D eigenvalue weighted by Gasteiger charge is -2.30. The van der Waals surface area contributed by atoms with Crippen molar-refractivity contribution in [3.63, 3.8) is 0 Å². The van der Waals surface area contributed by atoms with Crippen molar-refractivity contribution in [3.05, 3.63) is 35.4 Å². The van der Waals surface area contributed by atoms with Gasteiger partial charge < -0.3 is 15.5 Å². The van der Waals surface area contributed by atoms with Gasteiger partial charge in [0.2, 0.25) is 5.91 Å². The number of nitrogens with zero attached hydrogens (tertiary/aromatic N) is 1. The SMILES string of the molecule is Cc1cccc(C(=O)NC(C(=O)NCCCCN2CCCC(C)C2)C(C)C)c1. The first-order chi connectivity index (χ1) is 13.4. The molecule has 28 heavy (non-hydrogen) atoms. The summed E-state index contributed by atoms with van der Waals surface area (Å²) in [6, 6.07) is 6.91. The van der Waals surface area contributed by atoms with Gasteiger partial charge in [-0.25, -0.2) is 0 Å². The first-order valence-corrected chi connectivity index (χ1v) is 10.7. The van der Waals surface area contributed by atoms with Crippen molar-refractivity contribution < 1.29 is 9.59 Å². The van der Waals surface area contributed by atoms with Crippen molar-refractivity contribution in [2.45, 2.75) is 59.4 Å². The minimum absolute atomic E-state index is 0.0311. The molecular formula is C23H37N3O2. The smallest absolute Gasteiger partial charge is 0.251 e. The molecule has 0 spiro atoms. The molecule has 2 rings (SSSR count). The second-order valence-corrected chi connectivity index (χ2v) is 8.61. The van der Waals surface area contributed by atoms with E-state index in [0.29, 0.717) is 12.1 Å². The van der Waals surface area contributed by atoms with Crippen LogP contribution in [-0.4, -0.2) is 48.9 Å². The molecule has 0 aliphatic carbocycles. The van der Waals surface area contributed by atoms with E-state index in [1.54, 1.807) is 6.07 Å². The van der Waals surface area contributed by atoms with Crippen LogP contribution in [0.5, 0.6) is 0 Å². The third-order valence-corrected chi connectivity index (χ3v) is 5.46. The van der Waals surface area contributed by atoms with E-state index >= 15 is 0 Å². The molecule has 5 heteroatoms. The highest BCUT2D eigenvalue weighted by Gasteiger charge is 2.24. The van der Waals surface area contributed by atoms with Crippen LogP contribution in [-0.2, 0) is 4.79 Å². The maximum absolute atomic E-state index is 12.6. The van der Waals surface area contributed by atoms with Gasteiger partial charge in [0, 0.05) is 18.7 Å². The lowest BCUT2D eigenvalue weighted by molar-refractivity contribution is -0.123. The number of carbonyl (C=O) groups excluding carboxylic acids is 2. The Morgan fingerprint density at radius 1 is 1.25 bits per heavy atom. The third kappa shape index (κ3) is 7.27. The predicted molar refractivity (Wildman–Crippen MR) is 114 cm³/mol. The van der Waals surface area contributed by atoms with E-state index in [1.807, 2.05) is 39.0 Å². The Labute approximate surface area is 170 Å². The van der Waals surface area contributed by atoms with E-state index in [2.05, 4.69) is 22.5 Å². The maximum Gasteiger partial charge on any atom is 0.251 e. The van der Waals surface area contributed by atoms with Crippen LogP contribution in [0.2, 0.25) is 0 Å². The van der Waals surface area contributed by atoms with E-state index in [-0.39, 0.29) is 17.7 Å². The van der Waals surface area contributed by atoms with Gasteiger partial charge in [0.1, 0.15) is 6.04 Å². The molecule has 1 saturated heterocycles. The predicted octanol–water partition coefficient (Wildman–Crippen LogP) is 3.38. The second kappa shape index (κ2) is 11.2. The quantitative estimate of drug-likeness (QED) is 0.639. The molecule has 1 aliphatic heterocycles. The topological polar surface area (TPSA) is 61.4 Å². The monoisotopic (exact) mass is 387 g/mol. The summed E-state index contributed by atoms with van der Waals surface area (Å²) < 4.78 is 0. The van der Waals surface area contributed by atoms with Crippen molar-refractivity contribution in [3.8, 4) is 0 Å². The zero-order valence-corrected chi connectivity index (χ0v) is 18.0. The Morgan fingerprint density at radius 3 is 2.71 bits per heavy atom. The van der Waals surface area contributed by atoms with Gasteiger partial charge in [0.15, 0.2) is 0 Å².